The van der Waals surface area contributed by atoms with E-state index in [4.69, 9.17) is 16.6 Å². The predicted molar refractivity (Wildman–Crippen MR) is 118 cm³/mol. The van der Waals surface area contributed by atoms with Crippen LogP contribution in [0.1, 0.15) is 43.5 Å². The molecular weight excluding hydrogens is 382 g/mol. The van der Waals surface area contributed by atoms with Gasteiger partial charge in [0, 0.05) is 28.6 Å². The van der Waals surface area contributed by atoms with Gasteiger partial charge in [-0.1, -0.05) is 55.8 Å². The van der Waals surface area contributed by atoms with E-state index in [-0.39, 0.29) is 0 Å². The van der Waals surface area contributed by atoms with Gasteiger partial charge in [-0.2, -0.15) is 0 Å². The quantitative estimate of drug-likeness (QED) is 0.602. The van der Waals surface area contributed by atoms with Crippen molar-refractivity contribution < 1.29 is 0 Å². The van der Waals surface area contributed by atoms with Gasteiger partial charge in [0.25, 0.3) is 0 Å². The van der Waals surface area contributed by atoms with Crippen LogP contribution in [0.3, 0.4) is 0 Å². The third-order valence-corrected chi connectivity index (χ3v) is 5.83. The van der Waals surface area contributed by atoms with E-state index >= 15 is 0 Å². The molecule has 6 heteroatoms. The molecule has 0 amide bonds. The van der Waals surface area contributed by atoms with Crippen molar-refractivity contribution in [3.63, 3.8) is 0 Å². The van der Waals surface area contributed by atoms with E-state index in [2.05, 4.69) is 58.6 Å². The maximum Gasteiger partial charge on any atom is 0.159 e. The van der Waals surface area contributed by atoms with Crippen molar-refractivity contribution in [2.75, 3.05) is 13.1 Å². The second-order valence-corrected chi connectivity index (χ2v) is 7.77. The van der Waals surface area contributed by atoms with Gasteiger partial charge in [0.2, 0.25) is 0 Å². The van der Waals surface area contributed by atoms with E-state index in [0.29, 0.717) is 17.6 Å². The van der Waals surface area contributed by atoms with Gasteiger partial charge in [-0.3, -0.25) is 9.56 Å². The summed E-state index contributed by atoms with van der Waals surface area (Å²) in [6.07, 6.45) is 0.831. The minimum Gasteiger partial charge on any atom is -0.301 e. The molecule has 5 nitrogen and oxygen atoms in total. The molecule has 0 fully saturated rings. The van der Waals surface area contributed by atoms with Gasteiger partial charge in [-0.15, -0.1) is 10.2 Å². The third kappa shape index (κ3) is 3.85. The summed E-state index contributed by atoms with van der Waals surface area (Å²) in [5, 5.41) is 9.71. The largest absolute Gasteiger partial charge is 0.301 e. The minimum atomic E-state index is 0.381. The van der Waals surface area contributed by atoms with Crippen LogP contribution >= 0.6 is 11.6 Å². The van der Waals surface area contributed by atoms with Crippen LogP contribution in [0.15, 0.2) is 53.5 Å². The Balaban J connectivity index is 1.81. The molecular formula is C23H26ClN5. The molecule has 1 aliphatic heterocycles. The lowest BCUT2D eigenvalue weighted by molar-refractivity contribution is 0.227. The molecule has 1 atom stereocenters. The molecule has 0 saturated heterocycles. The minimum absolute atomic E-state index is 0.381. The number of hydrogen-bond donors (Lipinski definition) is 0. The average molecular weight is 408 g/mol. The van der Waals surface area contributed by atoms with E-state index in [9.17, 15) is 0 Å². The molecule has 4 rings (SSSR count). The average Bonchev–Trinajstić information content (AvgIpc) is 3.04. The molecule has 0 bridgehead atoms. The number of aromatic nitrogens is 3. The smallest absolute Gasteiger partial charge is 0.159 e. The van der Waals surface area contributed by atoms with Gasteiger partial charge >= 0.3 is 0 Å². The summed E-state index contributed by atoms with van der Waals surface area (Å²) in [5.41, 5.74) is 4.07. The van der Waals surface area contributed by atoms with Crippen LogP contribution in [0.4, 0.5) is 0 Å². The molecule has 29 heavy (non-hydrogen) atoms. The Hall–Kier alpha value is -2.50. The summed E-state index contributed by atoms with van der Waals surface area (Å²) in [6, 6.07) is 16.6. The van der Waals surface area contributed by atoms with Crippen molar-refractivity contribution in [3.8, 4) is 5.69 Å². The lowest BCUT2D eigenvalue weighted by atomic mass is 10.0. The number of fused-ring (bicyclic) bond motifs is 3. The highest BCUT2D eigenvalue weighted by molar-refractivity contribution is 6.31. The first-order valence-electron chi connectivity index (χ1n) is 10.2. The number of aliphatic imine (C=N–C) groups is 1. The van der Waals surface area contributed by atoms with Gasteiger partial charge < -0.3 is 4.90 Å². The van der Waals surface area contributed by atoms with Crippen LogP contribution < -0.4 is 0 Å². The molecule has 1 unspecified atom stereocenters. The Morgan fingerprint density at radius 2 is 1.83 bits per heavy atom. The fraction of sp³-hybridized carbons (Fsp3) is 0.348. The number of halogens is 1. The summed E-state index contributed by atoms with van der Waals surface area (Å²) in [5.74, 6) is 1.83. The summed E-state index contributed by atoms with van der Waals surface area (Å²) in [6.45, 7) is 9.17. The lowest BCUT2D eigenvalue weighted by Crippen LogP contribution is -2.35. The van der Waals surface area contributed by atoms with E-state index in [1.54, 1.807) is 0 Å². The second kappa shape index (κ2) is 8.47. The van der Waals surface area contributed by atoms with Crippen LogP contribution in [0.2, 0.25) is 5.02 Å². The molecule has 0 aliphatic carbocycles. The van der Waals surface area contributed by atoms with Crippen LogP contribution in [0, 0.1) is 0 Å². The number of benzene rings is 2. The predicted octanol–water partition coefficient (Wildman–Crippen LogP) is 4.54. The zero-order valence-electron chi connectivity index (χ0n) is 17.1. The Kier molecular flexibility index (Phi) is 5.79. The highest BCUT2D eigenvalue weighted by Gasteiger charge is 2.24. The molecule has 2 aromatic carbocycles. The Bertz CT molecular complexity index is 1020. The van der Waals surface area contributed by atoms with Gasteiger partial charge in [0.15, 0.2) is 5.82 Å². The van der Waals surface area contributed by atoms with Gasteiger partial charge in [0.05, 0.1) is 11.4 Å². The van der Waals surface area contributed by atoms with Crippen LogP contribution in [-0.4, -0.2) is 44.5 Å². The lowest BCUT2D eigenvalue weighted by Gasteiger charge is -2.26. The monoisotopic (exact) mass is 407 g/mol. The number of nitrogens with zero attached hydrogens (tertiary/aromatic N) is 5. The van der Waals surface area contributed by atoms with E-state index in [0.717, 1.165) is 53.7 Å². The van der Waals surface area contributed by atoms with E-state index in [1.807, 2.05) is 30.3 Å². The maximum atomic E-state index is 6.38. The SMILES string of the molecule is CCN(CC)C(C)Cc1nnc2n1-c1ccc(Cl)cc1C(c1ccccc1)=NC2. The molecule has 0 spiro atoms. The molecule has 1 aromatic heterocycles. The van der Waals surface area contributed by atoms with Gasteiger partial charge in [-0.25, -0.2) is 0 Å². The number of rotatable bonds is 6. The molecule has 3 aromatic rings. The van der Waals surface area contributed by atoms with Gasteiger partial charge in [0.1, 0.15) is 12.4 Å². The summed E-state index contributed by atoms with van der Waals surface area (Å²) in [7, 11) is 0. The topological polar surface area (TPSA) is 46.3 Å². The number of likely N-dealkylation sites (N-methyl/N-ethyl adjacent to an activating group) is 1. The van der Waals surface area contributed by atoms with Crippen molar-refractivity contribution in [1.82, 2.24) is 19.7 Å². The molecule has 0 saturated carbocycles. The first kappa shape index (κ1) is 19.8. The first-order chi connectivity index (χ1) is 14.1. The Morgan fingerprint density at radius 3 is 2.55 bits per heavy atom. The van der Waals surface area contributed by atoms with Crippen molar-refractivity contribution in [3.05, 3.63) is 76.3 Å². The second-order valence-electron chi connectivity index (χ2n) is 7.33. The zero-order chi connectivity index (χ0) is 20.4. The van der Waals surface area contributed by atoms with Crippen molar-refractivity contribution in [2.24, 2.45) is 4.99 Å². The van der Waals surface area contributed by atoms with Crippen LogP contribution in [0.5, 0.6) is 0 Å². The van der Waals surface area contributed by atoms with Crippen molar-refractivity contribution in [2.45, 2.75) is 39.8 Å². The standard InChI is InChI=1S/C23H26ClN5/c1-4-28(5-2)16(3)13-21-26-27-22-15-25-23(17-9-7-6-8-10-17)19-14-18(24)11-12-20(19)29(21)22/h6-12,14,16H,4-5,13,15H2,1-3H3. The highest BCUT2D eigenvalue weighted by atomic mass is 35.5. The first-order valence-corrected chi connectivity index (χ1v) is 10.6. The van der Waals surface area contributed by atoms with E-state index < -0.39 is 0 Å². The molecule has 2 heterocycles. The van der Waals surface area contributed by atoms with E-state index in [1.165, 1.54) is 0 Å². The van der Waals surface area contributed by atoms with Crippen LogP contribution in [0.25, 0.3) is 5.69 Å². The van der Waals surface area contributed by atoms with Gasteiger partial charge in [-0.05, 0) is 38.2 Å². The Morgan fingerprint density at radius 1 is 1.07 bits per heavy atom. The molecule has 0 radical (unpaired) electrons. The summed E-state index contributed by atoms with van der Waals surface area (Å²) >= 11 is 6.38. The summed E-state index contributed by atoms with van der Waals surface area (Å²) in [4.78, 5) is 7.34. The van der Waals surface area contributed by atoms with Crippen molar-refractivity contribution in [1.29, 1.82) is 0 Å². The molecule has 0 N–H and O–H groups in total. The van der Waals surface area contributed by atoms with Crippen molar-refractivity contribution >= 4 is 17.3 Å². The fourth-order valence-corrected chi connectivity index (χ4v) is 4.25. The van der Waals surface area contributed by atoms with Crippen LogP contribution in [-0.2, 0) is 13.0 Å². The Labute approximate surface area is 177 Å². The normalized spacial score (nSPS) is 14.2. The fourth-order valence-electron chi connectivity index (χ4n) is 4.08. The molecule has 1 aliphatic rings. The number of hydrogen-bond acceptors (Lipinski definition) is 4. The third-order valence-electron chi connectivity index (χ3n) is 5.59. The maximum absolute atomic E-state index is 6.38. The molecule has 150 valence electrons. The zero-order valence-corrected chi connectivity index (χ0v) is 17.9. The summed E-state index contributed by atoms with van der Waals surface area (Å²) < 4.78 is 2.17. The highest BCUT2D eigenvalue weighted by Crippen LogP contribution is 2.28.